The Bertz CT molecular complexity index is 892. The lowest BCUT2D eigenvalue weighted by atomic mass is 10.0. The van der Waals surface area contributed by atoms with Crippen molar-refractivity contribution >= 4 is 24.6 Å². The van der Waals surface area contributed by atoms with Gasteiger partial charge in [0.05, 0.1) is 12.2 Å². The van der Waals surface area contributed by atoms with Crippen LogP contribution in [0.1, 0.15) is 18.0 Å². The minimum absolute atomic E-state index is 0.00310. The smallest absolute Gasteiger partial charge is 0.325 e. The number of methoxy groups -OCH3 is 2. The lowest BCUT2D eigenvalue weighted by Gasteiger charge is -2.23. The van der Waals surface area contributed by atoms with E-state index in [0.29, 0.717) is 16.6 Å². The topological polar surface area (TPSA) is 176 Å². The highest BCUT2D eigenvalue weighted by atomic mass is 31.2. The molecule has 0 bridgehead atoms. The highest BCUT2D eigenvalue weighted by Crippen LogP contribution is 2.39. The Morgan fingerprint density at radius 3 is 2.62 bits per heavy atom. The van der Waals surface area contributed by atoms with E-state index in [0.717, 1.165) is 0 Å². The number of nitrogens with one attached hydrogen (secondary N) is 3. The monoisotopic (exact) mass is 387 g/mol. The van der Waals surface area contributed by atoms with Crippen LogP contribution in [0.4, 0.5) is 5.95 Å². The van der Waals surface area contributed by atoms with Crippen LogP contribution in [0.5, 0.6) is 0 Å². The van der Waals surface area contributed by atoms with Gasteiger partial charge in [-0.15, -0.1) is 0 Å². The minimum atomic E-state index is -4.13. The molecule has 1 aliphatic rings. The SMILES string of the molecule is COC1C(CCP(=O)(O)O)NC(c2c[nH]c3c(=O)[nH]c(N)nc23)C1OC. The number of aromatic amines is 2. The fraction of sp³-hybridized carbons (Fsp3) is 0.571. The van der Waals surface area contributed by atoms with Crippen molar-refractivity contribution in [2.24, 2.45) is 0 Å². The molecule has 3 heterocycles. The predicted molar refractivity (Wildman–Crippen MR) is 93.9 cm³/mol. The molecule has 0 saturated carbocycles. The summed E-state index contributed by atoms with van der Waals surface area (Å²) in [6.07, 6.45) is 0.710. The van der Waals surface area contributed by atoms with E-state index < -0.39 is 25.8 Å². The average Bonchev–Trinajstić information content (AvgIpc) is 3.12. The lowest BCUT2D eigenvalue weighted by Crippen LogP contribution is -2.36. The molecule has 3 rings (SSSR count). The van der Waals surface area contributed by atoms with Gasteiger partial charge in [-0.1, -0.05) is 0 Å². The first-order chi connectivity index (χ1) is 12.2. The van der Waals surface area contributed by atoms with Crippen molar-refractivity contribution in [2.75, 3.05) is 26.1 Å². The standard InChI is InChI=1S/C14H22N5O6P/c1-24-11-7(3-4-26(21,22)23)17-9(12(11)25-2)6-5-16-10-8(6)18-14(15)19-13(10)20/h5,7,9,11-12,16-17H,3-4H2,1-2H3,(H2,21,22,23)(H3,15,18,19,20). The van der Waals surface area contributed by atoms with Crippen LogP contribution < -0.4 is 16.6 Å². The number of hydrogen-bond donors (Lipinski definition) is 6. The van der Waals surface area contributed by atoms with Crippen LogP contribution in [0.2, 0.25) is 0 Å². The highest BCUT2D eigenvalue weighted by Gasteiger charge is 2.45. The quantitative estimate of drug-likeness (QED) is 0.355. The Hall–Kier alpha value is -1.75. The molecular formula is C14H22N5O6P. The van der Waals surface area contributed by atoms with E-state index in [2.05, 4.69) is 20.3 Å². The summed E-state index contributed by atoms with van der Waals surface area (Å²) in [7, 11) is -1.09. The number of nitrogen functional groups attached to an aromatic ring is 1. The van der Waals surface area contributed by atoms with Crippen molar-refractivity contribution in [1.29, 1.82) is 0 Å². The largest absolute Gasteiger partial charge is 0.377 e. The third-order valence-corrected chi connectivity index (χ3v) is 5.48. The van der Waals surface area contributed by atoms with Crippen molar-refractivity contribution in [2.45, 2.75) is 30.7 Å². The summed E-state index contributed by atoms with van der Waals surface area (Å²) in [5, 5.41) is 3.29. The summed E-state index contributed by atoms with van der Waals surface area (Å²) < 4.78 is 22.3. The highest BCUT2D eigenvalue weighted by molar-refractivity contribution is 7.51. The van der Waals surface area contributed by atoms with Gasteiger partial charge >= 0.3 is 7.60 Å². The molecule has 2 aromatic rings. The summed E-state index contributed by atoms with van der Waals surface area (Å²) in [5.41, 5.74) is 6.64. The van der Waals surface area contributed by atoms with E-state index in [1.165, 1.54) is 14.2 Å². The maximum Gasteiger partial charge on any atom is 0.325 e. The van der Waals surface area contributed by atoms with Gasteiger partial charge in [0.2, 0.25) is 5.95 Å². The third kappa shape index (κ3) is 3.54. The van der Waals surface area contributed by atoms with Crippen LogP contribution in [-0.2, 0) is 14.0 Å². The van der Waals surface area contributed by atoms with Gasteiger partial charge in [-0.05, 0) is 6.42 Å². The van der Waals surface area contributed by atoms with E-state index in [1.807, 2.05) is 0 Å². The van der Waals surface area contributed by atoms with Gasteiger partial charge in [0.25, 0.3) is 5.56 Å². The number of nitrogens with zero attached hydrogens (tertiary/aromatic N) is 1. The van der Waals surface area contributed by atoms with Crippen molar-refractivity contribution < 1.29 is 23.8 Å². The maximum atomic E-state index is 12.0. The number of anilines is 1. The molecular weight excluding hydrogens is 365 g/mol. The summed E-state index contributed by atoms with van der Waals surface area (Å²) in [6, 6.07) is -0.735. The zero-order valence-corrected chi connectivity index (χ0v) is 15.2. The molecule has 4 atom stereocenters. The molecule has 1 aliphatic heterocycles. The van der Waals surface area contributed by atoms with Crippen LogP contribution >= 0.6 is 7.60 Å². The van der Waals surface area contributed by atoms with E-state index in [1.54, 1.807) is 6.20 Å². The molecule has 11 nitrogen and oxygen atoms in total. The second-order valence-corrected chi connectivity index (χ2v) is 8.02. The molecule has 1 fully saturated rings. The summed E-state index contributed by atoms with van der Waals surface area (Å²) in [6.45, 7) is 0. The second kappa shape index (κ2) is 7.10. The molecule has 26 heavy (non-hydrogen) atoms. The number of H-pyrrole nitrogens is 2. The minimum Gasteiger partial charge on any atom is -0.377 e. The number of nitrogens with two attached hydrogens (primary N) is 1. The Labute approximate surface area is 148 Å². The Kier molecular flexibility index (Phi) is 5.20. The van der Waals surface area contributed by atoms with Crippen LogP contribution in [0.25, 0.3) is 11.0 Å². The zero-order valence-electron chi connectivity index (χ0n) is 14.3. The molecule has 12 heteroatoms. The Morgan fingerprint density at radius 2 is 2.00 bits per heavy atom. The summed E-state index contributed by atoms with van der Waals surface area (Å²) in [5.74, 6) is -0.00310. The maximum absolute atomic E-state index is 12.0. The molecule has 1 saturated heterocycles. The van der Waals surface area contributed by atoms with Crippen molar-refractivity contribution in [3.63, 3.8) is 0 Å². The van der Waals surface area contributed by atoms with E-state index >= 15 is 0 Å². The fourth-order valence-corrected chi connectivity index (χ4v) is 4.13. The van der Waals surface area contributed by atoms with Crippen molar-refractivity contribution in [3.8, 4) is 0 Å². The number of rotatable bonds is 6. The first kappa shape index (κ1) is 19.0. The molecule has 144 valence electrons. The Balaban J connectivity index is 1.96. The van der Waals surface area contributed by atoms with Crippen LogP contribution in [-0.4, -0.2) is 63.4 Å². The molecule has 7 N–H and O–H groups in total. The molecule has 0 spiro atoms. The summed E-state index contributed by atoms with van der Waals surface area (Å²) >= 11 is 0. The van der Waals surface area contributed by atoms with Crippen LogP contribution in [0.15, 0.2) is 11.0 Å². The van der Waals surface area contributed by atoms with E-state index in [-0.39, 0.29) is 30.1 Å². The molecule has 0 aromatic carbocycles. The van der Waals surface area contributed by atoms with Gasteiger partial charge in [0, 0.05) is 32.0 Å². The molecule has 0 amide bonds. The normalized spacial score (nSPS) is 26.6. The first-order valence-electron chi connectivity index (χ1n) is 7.98. The van der Waals surface area contributed by atoms with Crippen LogP contribution in [0, 0.1) is 0 Å². The van der Waals surface area contributed by atoms with Crippen LogP contribution in [0.3, 0.4) is 0 Å². The molecule has 0 aliphatic carbocycles. The van der Waals surface area contributed by atoms with Crippen molar-refractivity contribution in [1.82, 2.24) is 20.3 Å². The van der Waals surface area contributed by atoms with Crippen molar-refractivity contribution in [3.05, 3.63) is 22.1 Å². The van der Waals surface area contributed by atoms with Gasteiger partial charge in [0.1, 0.15) is 23.2 Å². The fourth-order valence-electron chi connectivity index (χ4n) is 3.52. The van der Waals surface area contributed by atoms with E-state index in [4.69, 9.17) is 25.0 Å². The number of ether oxygens (including phenoxy) is 2. The zero-order chi connectivity index (χ0) is 19.1. The second-order valence-electron chi connectivity index (χ2n) is 6.25. The van der Waals surface area contributed by atoms with E-state index in [9.17, 15) is 9.36 Å². The Morgan fingerprint density at radius 1 is 1.31 bits per heavy atom. The number of aromatic nitrogens is 3. The number of hydrogen-bond acceptors (Lipinski definition) is 7. The first-order valence-corrected chi connectivity index (χ1v) is 9.78. The lowest BCUT2D eigenvalue weighted by molar-refractivity contribution is -0.0286. The predicted octanol–water partition coefficient (Wildman–Crippen LogP) is -0.556. The summed E-state index contributed by atoms with van der Waals surface area (Å²) in [4.78, 5) is 39.8. The molecule has 4 unspecified atom stereocenters. The van der Waals surface area contributed by atoms with Gasteiger partial charge in [0.15, 0.2) is 0 Å². The van der Waals surface area contributed by atoms with Gasteiger partial charge in [-0.25, -0.2) is 4.98 Å². The molecule has 2 aromatic heterocycles. The van der Waals surface area contributed by atoms with Gasteiger partial charge < -0.3 is 35.3 Å². The van der Waals surface area contributed by atoms with Gasteiger partial charge in [-0.2, -0.15) is 0 Å². The number of fused-ring (bicyclic) bond motifs is 1. The third-order valence-electron chi connectivity index (χ3n) is 4.64. The van der Waals surface area contributed by atoms with Gasteiger partial charge in [-0.3, -0.25) is 14.3 Å². The molecule has 0 radical (unpaired) electrons. The average molecular weight is 387 g/mol.